The van der Waals surface area contributed by atoms with E-state index < -0.39 is 7.26 Å². The maximum atomic E-state index is 2.47. The van der Waals surface area contributed by atoms with Gasteiger partial charge >= 0.3 is 0 Å². The van der Waals surface area contributed by atoms with Crippen LogP contribution < -0.4 is 5.30 Å². The van der Waals surface area contributed by atoms with Crippen LogP contribution in [0.25, 0.3) is 0 Å². The molecule has 0 nitrogen and oxygen atoms in total. The van der Waals surface area contributed by atoms with Crippen LogP contribution in [0.5, 0.6) is 0 Å². The van der Waals surface area contributed by atoms with Crippen molar-refractivity contribution in [2.24, 2.45) is 0 Å². The first-order valence-electron chi connectivity index (χ1n) is 4.76. The molecule has 0 radical (unpaired) electrons. The van der Waals surface area contributed by atoms with E-state index in [1.807, 2.05) is 0 Å². The molecular formula is C12H16P+. The third-order valence-corrected chi connectivity index (χ3v) is 6.55. The van der Waals surface area contributed by atoms with Crippen LogP contribution in [0.2, 0.25) is 0 Å². The van der Waals surface area contributed by atoms with E-state index in [9.17, 15) is 0 Å². The second-order valence-electron chi connectivity index (χ2n) is 4.12. The van der Waals surface area contributed by atoms with Gasteiger partial charge in [0, 0.05) is 0 Å². The molecule has 1 heterocycles. The molecule has 1 atom stereocenters. The van der Waals surface area contributed by atoms with Crippen molar-refractivity contribution < 1.29 is 0 Å². The minimum Gasteiger partial charge on any atom is -0.0620 e. The Kier molecular flexibility index (Phi) is 2.26. The predicted octanol–water partition coefficient (Wildman–Crippen LogP) is 2.92. The van der Waals surface area contributed by atoms with Crippen LogP contribution in [-0.4, -0.2) is 19.0 Å². The standard InChI is InChI=1S/C12H16P/c1-11-8-9-13(2,10-11)12-6-4-3-5-7-12/h3-8H,9-10H2,1-2H3/q+1. The minimum absolute atomic E-state index is 0.821. The summed E-state index contributed by atoms with van der Waals surface area (Å²) in [6, 6.07) is 11.0. The van der Waals surface area contributed by atoms with Gasteiger partial charge in [-0.2, -0.15) is 0 Å². The van der Waals surface area contributed by atoms with Gasteiger partial charge in [0.15, 0.2) is 0 Å². The molecule has 1 aromatic carbocycles. The second-order valence-corrected chi connectivity index (χ2v) is 8.11. The molecule has 0 saturated heterocycles. The summed E-state index contributed by atoms with van der Waals surface area (Å²) in [4.78, 5) is 0. The summed E-state index contributed by atoms with van der Waals surface area (Å²) in [6.45, 7) is 4.73. The fourth-order valence-corrected chi connectivity index (χ4v) is 5.38. The van der Waals surface area contributed by atoms with Crippen LogP contribution in [0.1, 0.15) is 6.92 Å². The van der Waals surface area contributed by atoms with Gasteiger partial charge in [0.25, 0.3) is 0 Å². The minimum atomic E-state index is -0.821. The molecule has 0 bridgehead atoms. The number of benzene rings is 1. The summed E-state index contributed by atoms with van der Waals surface area (Å²) in [5.74, 6) is 0. The Bertz CT molecular complexity index is 326. The van der Waals surface area contributed by atoms with Gasteiger partial charge in [0.2, 0.25) is 0 Å². The highest BCUT2D eigenvalue weighted by molar-refractivity contribution is 7.82. The zero-order chi connectivity index (χ0) is 9.31. The average molecular weight is 191 g/mol. The zero-order valence-corrected chi connectivity index (χ0v) is 9.22. The fraction of sp³-hybridized carbons (Fsp3) is 0.333. The molecule has 0 spiro atoms. The van der Waals surface area contributed by atoms with E-state index in [1.165, 1.54) is 12.3 Å². The third-order valence-electron chi connectivity index (χ3n) is 2.82. The van der Waals surface area contributed by atoms with Crippen molar-refractivity contribution in [3.63, 3.8) is 0 Å². The molecule has 1 aliphatic heterocycles. The van der Waals surface area contributed by atoms with Crippen molar-refractivity contribution in [3.05, 3.63) is 42.0 Å². The molecule has 0 aromatic heterocycles. The molecule has 1 unspecified atom stereocenters. The van der Waals surface area contributed by atoms with Crippen molar-refractivity contribution in [1.82, 2.24) is 0 Å². The quantitative estimate of drug-likeness (QED) is 0.473. The molecule has 0 fully saturated rings. The van der Waals surface area contributed by atoms with E-state index in [4.69, 9.17) is 0 Å². The number of allylic oxidation sites excluding steroid dienone is 2. The molecule has 0 amide bonds. The van der Waals surface area contributed by atoms with Gasteiger partial charge in [-0.1, -0.05) is 18.2 Å². The number of hydrogen-bond donors (Lipinski definition) is 0. The number of rotatable bonds is 1. The summed E-state index contributed by atoms with van der Waals surface area (Å²) in [5, 5.41) is 1.59. The van der Waals surface area contributed by atoms with E-state index in [-0.39, 0.29) is 0 Å². The Balaban J connectivity index is 2.28. The maximum Gasteiger partial charge on any atom is 0.0943 e. The normalized spacial score (nSPS) is 27.4. The molecule has 13 heavy (non-hydrogen) atoms. The molecule has 0 N–H and O–H groups in total. The van der Waals surface area contributed by atoms with Crippen LogP contribution in [0.4, 0.5) is 0 Å². The Morgan fingerprint density at radius 3 is 2.38 bits per heavy atom. The molecular weight excluding hydrogens is 175 g/mol. The van der Waals surface area contributed by atoms with Crippen LogP contribution >= 0.6 is 7.26 Å². The first-order chi connectivity index (χ1) is 6.21. The molecule has 0 saturated carbocycles. The lowest BCUT2D eigenvalue weighted by molar-refractivity contribution is 1.42. The molecule has 1 heteroatoms. The molecule has 68 valence electrons. The predicted molar refractivity (Wildman–Crippen MR) is 62.4 cm³/mol. The lowest BCUT2D eigenvalue weighted by Crippen LogP contribution is -2.12. The van der Waals surface area contributed by atoms with Gasteiger partial charge in [-0.25, -0.2) is 0 Å². The SMILES string of the molecule is CC1=CC[P+](C)(c2ccccc2)C1. The first-order valence-corrected chi connectivity index (χ1v) is 7.37. The lowest BCUT2D eigenvalue weighted by Gasteiger charge is -2.16. The smallest absolute Gasteiger partial charge is 0.0620 e. The first kappa shape index (κ1) is 8.97. The summed E-state index contributed by atoms with van der Waals surface area (Å²) < 4.78 is 0. The van der Waals surface area contributed by atoms with Crippen LogP contribution in [0, 0.1) is 0 Å². The Morgan fingerprint density at radius 1 is 1.15 bits per heavy atom. The number of hydrogen-bond acceptors (Lipinski definition) is 0. The molecule has 1 aliphatic rings. The van der Waals surface area contributed by atoms with Gasteiger partial charge in [-0.05, 0) is 30.7 Å². The van der Waals surface area contributed by atoms with Gasteiger partial charge in [-0.3, -0.25) is 0 Å². The molecule has 0 aliphatic carbocycles. The van der Waals surface area contributed by atoms with E-state index >= 15 is 0 Å². The highest BCUT2D eigenvalue weighted by atomic mass is 31.2. The van der Waals surface area contributed by atoms with Crippen molar-refractivity contribution in [3.8, 4) is 0 Å². The van der Waals surface area contributed by atoms with E-state index in [0.717, 1.165) is 0 Å². The highest BCUT2D eigenvalue weighted by Crippen LogP contribution is 2.58. The summed E-state index contributed by atoms with van der Waals surface area (Å²) in [5.41, 5.74) is 1.58. The summed E-state index contributed by atoms with van der Waals surface area (Å²) in [6.07, 6.45) is 5.06. The van der Waals surface area contributed by atoms with Crippen LogP contribution in [-0.2, 0) is 0 Å². The third kappa shape index (κ3) is 1.69. The summed E-state index contributed by atoms with van der Waals surface area (Å²) in [7, 11) is -0.821. The van der Waals surface area contributed by atoms with Crippen LogP contribution in [0.15, 0.2) is 42.0 Å². The van der Waals surface area contributed by atoms with Crippen molar-refractivity contribution in [1.29, 1.82) is 0 Å². The Hall–Kier alpha value is -0.610. The largest absolute Gasteiger partial charge is 0.0943 e. The average Bonchev–Trinajstić information content (AvgIpc) is 2.49. The Labute approximate surface area is 81.0 Å². The van der Waals surface area contributed by atoms with Gasteiger partial charge in [0.05, 0.1) is 31.6 Å². The molecule has 1 aromatic rings. The monoisotopic (exact) mass is 191 g/mol. The lowest BCUT2D eigenvalue weighted by atomic mass is 10.3. The summed E-state index contributed by atoms with van der Waals surface area (Å²) >= 11 is 0. The van der Waals surface area contributed by atoms with Gasteiger partial charge < -0.3 is 0 Å². The van der Waals surface area contributed by atoms with Crippen LogP contribution in [0.3, 0.4) is 0 Å². The van der Waals surface area contributed by atoms with E-state index in [1.54, 1.807) is 10.9 Å². The topological polar surface area (TPSA) is 0 Å². The molecule has 2 rings (SSSR count). The van der Waals surface area contributed by atoms with E-state index in [0.29, 0.717) is 0 Å². The fourth-order valence-electron chi connectivity index (χ4n) is 2.02. The van der Waals surface area contributed by atoms with Gasteiger partial charge in [0.1, 0.15) is 0 Å². The maximum absolute atomic E-state index is 2.47. The Morgan fingerprint density at radius 2 is 1.85 bits per heavy atom. The second kappa shape index (κ2) is 3.27. The zero-order valence-electron chi connectivity index (χ0n) is 8.33. The van der Waals surface area contributed by atoms with Gasteiger partial charge in [-0.15, -0.1) is 0 Å². The van der Waals surface area contributed by atoms with Crippen molar-refractivity contribution in [2.45, 2.75) is 6.92 Å². The highest BCUT2D eigenvalue weighted by Gasteiger charge is 2.37. The van der Waals surface area contributed by atoms with Crippen molar-refractivity contribution in [2.75, 3.05) is 19.0 Å². The van der Waals surface area contributed by atoms with Crippen molar-refractivity contribution >= 4 is 12.6 Å². The van der Waals surface area contributed by atoms with E-state index in [2.05, 4.69) is 50.0 Å².